The molecule has 1 unspecified atom stereocenters. The molecule has 0 spiro atoms. The summed E-state index contributed by atoms with van der Waals surface area (Å²) in [5.41, 5.74) is 6.92. The minimum atomic E-state index is -0.699. The minimum absolute atomic E-state index is 0.181. The van der Waals surface area contributed by atoms with Crippen LogP contribution >= 0.6 is 0 Å². The summed E-state index contributed by atoms with van der Waals surface area (Å²) in [6.07, 6.45) is 5.22. The normalized spacial score (nSPS) is 24.9. The third kappa shape index (κ3) is 1.47. The lowest BCUT2D eigenvalue weighted by molar-refractivity contribution is 0.191. The number of rotatable bonds is 3. The summed E-state index contributed by atoms with van der Waals surface area (Å²) in [4.78, 5) is 12.0. The summed E-state index contributed by atoms with van der Waals surface area (Å²) in [5.74, 6) is 0.312. The fourth-order valence-electron chi connectivity index (χ4n) is 1.97. The van der Waals surface area contributed by atoms with E-state index in [1.807, 2.05) is 0 Å². The highest BCUT2D eigenvalue weighted by atomic mass is 19.1. The van der Waals surface area contributed by atoms with Crippen LogP contribution in [0.25, 0.3) is 17.4 Å². The van der Waals surface area contributed by atoms with Gasteiger partial charge in [-0.25, -0.2) is 15.0 Å². The molecule has 1 aliphatic rings. The second kappa shape index (κ2) is 3.74. The number of aromatic nitrogens is 4. The lowest BCUT2D eigenvalue weighted by atomic mass is 10.1. The molecule has 0 bridgehead atoms. The predicted octanol–water partition coefficient (Wildman–Crippen LogP) is 0.601. The largest absolute Gasteiger partial charge is 0.395 e. The van der Waals surface area contributed by atoms with Gasteiger partial charge in [0.05, 0.1) is 6.61 Å². The third-order valence-corrected chi connectivity index (χ3v) is 3.33. The van der Waals surface area contributed by atoms with Crippen LogP contribution in [0.2, 0.25) is 0 Å². The molecule has 1 aliphatic carbocycles. The SMILES string of the molecule is Nc1ncnc2c1ncn2/C=C1/CC1(CO)CF. The maximum atomic E-state index is 12.8. The number of nitrogens with zero attached hydrogens (tertiary/aromatic N) is 4. The van der Waals surface area contributed by atoms with Gasteiger partial charge in [0.1, 0.15) is 19.3 Å². The van der Waals surface area contributed by atoms with E-state index in [1.165, 1.54) is 6.33 Å². The Hall–Kier alpha value is -2.02. The molecule has 2 heterocycles. The van der Waals surface area contributed by atoms with Crippen LogP contribution in [0.15, 0.2) is 18.2 Å². The van der Waals surface area contributed by atoms with Crippen molar-refractivity contribution in [1.82, 2.24) is 19.5 Å². The van der Waals surface area contributed by atoms with Crippen LogP contribution in [0.3, 0.4) is 0 Å². The first-order chi connectivity index (χ1) is 8.70. The van der Waals surface area contributed by atoms with E-state index in [9.17, 15) is 4.39 Å². The average molecular weight is 249 g/mol. The van der Waals surface area contributed by atoms with Crippen molar-refractivity contribution in [3.05, 3.63) is 18.2 Å². The van der Waals surface area contributed by atoms with E-state index in [2.05, 4.69) is 15.0 Å². The van der Waals surface area contributed by atoms with Crippen LogP contribution in [0.4, 0.5) is 10.2 Å². The van der Waals surface area contributed by atoms with E-state index in [1.54, 1.807) is 17.1 Å². The van der Waals surface area contributed by atoms with E-state index < -0.39 is 12.1 Å². The number of hydrogen-bond acceptors (Lipinski definition) is 5. The zero-order valence-electron chi connectivity index (χ0n) is 9.54. The van der Waals surface area contributed by atoms with Gasteiger partial charge in [0.2, 0.25) is 0 Å². The summed E-state index contributed by atoms with van der Waals surface area (Å²) in [6, 6.07) is 0. The molecule has 2 aromatic rings. The van der Waals surface area contributed by atoms with Gasteiger partial charge >= 0.3 is 0 Å². The molecule has 18 heavy (non-hydrogen) atoms. The summed E-state index contributed by atoms with van der Waals surface area (Å²) in [7, 11) is 0. The molecule has 7 heteroatoms. The van der Waals surface area contributed by atoms with Crippen LogP contribution in [0.1, 0.15) is 6.42 Å². The monoisotopic (exact) mass is 249 g/mol. The number of halogens is 1. The van der Waals surface area contributed by atoms with Crippen LogP contribution in [-0.2, 0) is 0 Å². The average Bonchev–Trinajstić information content (AvgIpc) is 2.93. The van der Waals surface area contributed by atoms with Crippen molar-refractivity contribution in [1.29, 1.82) is 0 Å². The van der Waals surface area contributed by atoms with Gasteiger partial charge in [0.15, 0.2) is 17.0 Å². The van der Waals surface area contributed by atoms with Crippen molar-refractivity contribution < 1.29 is 9.50 Å². The highest BCUT2D eigenvalue weighted by Gasteiger charge is 2.48. The van der Waals surface area contributed by atoms with E-state index in [4.69, 9.17) is 10.8 Å². The van der Waals surface area contributed by atoms with E-state index >= 15 is 0 Å². The number of aliphatic hydroxyl groups is 1. The van der Waals surface area contributed by atoms with Crippen LogP contribution in [0.5, 0.6) is 0 Å². The van der Waals surface area contributed by atoms with E-state index in [-0.39, 0.29) is 6.61 Å². The first-order valence-corrected chi connectivity index (χ1v) is 5.51. The first kappa shape index (κ1) is 11.1. The summed E-state index contributed by atoms with van der Waals surface area (Å²) in [5, 5.41) is 9.16. The Morgan fingerprint density at radius 3 is 3.00 bits per heavy atom. The Morgan fingerprint density at radius 2 is 2.33 bits per heavy atom. The van der Waals surface area contributed by atoms with Gasteiger partial charge in [0, 0.05) is 11.6 Å². The second-order valence-corrected chi connectivity index (χ2v) is 4.49. The topological polar surface area (TPSA) is 89.9 Å². The molecule has 3 rings (SSSR count). The highest BCUT2D eigenvalue weighted by Crippen LogP contribution is 2.52. The smallest absolute Gasteiger partial charge is 0.169 e. The molecule has 6 nitrogen and oxygen atoms in total. The predicted molar refractivity (Wildman–Crippen MR) is 64.1 cm³/mol. The Morgan fingerprint density at radius 1 is 1.50 bits per heavy atom. The Kier molecular flexibility index (Phi) is 2.30. The quantitative estimate of drug-likeness (QED) is 0.831. The zero-order valence-corrected chi connectivity index (χ0v) is 9.54. The number of nitrogens with two attached hydrogens (primary N) is 1. The lowest BCUT2D eigenvalue weighted by Gasteiger charge is -2.03. The van der Waals surface area contributed by atoms with Gasteiger partial charge < -0.3 is 10.8 Å². The zero-order chi connectivity index (χ0) is 12.8. The second-order valence-electron chi connectivity index (χ2n) is 4.49. The molecule has 0 amide bonds. The van der Waals surface area contributed by atoms with Gasteiger partial charge in [0.25, 0.3) is 0 Å². The Balaban J connectivity index is 2.03. The number of anilines is 1. The van der Waals surface area contributed by atoms with Crippen molar-refractivity contribution in [2.24, 2.45) is 5.41 Å². The molecule has 1 saturated carbocycles. The maximum absolute atomic E-state index is 12.8. The number of alkyl halides is 1. The standard InChI is InChI=1S/C11H12FN5O/c12-3-11(4-18)1-7(11)2-17-6-16-8-9(13)14-5-15-10(8)17/h2,5-6,18H,1,3-4H2,(H2,13,14,15)/b7-2-. The van der Waals surface area contributed by atoms with Crippen molar-refractivity contribution in [2.75, 3.05) is 19.0 Å². The van der Waals surface area contributed by atoms with Crippen molar-refractivity contribution in [2.45, 2.75) is 6.42 Å². The van der Waals surface area contributed by atoms with E-state index in [0.29, 0.717) is 23.4 Å². The minimum Gasteiger partial charge on any atom is -0.395 e. The molecule has 2 aromatic heterocycles. The third-order valence-electron chi connectivity index (χ3n) is 3.33. The molecule has 1 atom stereocenters. The number of imidazole rings is 1. The van der Waals surface area contributed by atoms with Crippen LogP contribution in [-0.4, -0.2) is 37.9 Å². The molecular formula is C11H12FN5O. The van der Waals surface area contributed by atoms with Gasteiger partial charge in [-0.1, -0.05) is 0 Å². The fourth-order valence-corrected chi connectivity index (χ4v) is 1.97. The highest BCUT2D eigenvalue weighted by molar-refractivity contribution is 5.82. The molecule has 0 aliphatic heterocycles. The fraction of sp³-hybridized carbons (Fsp3) is 0.364. The van der Waals surface area contributed by atoms with Gasteiger partial charge in [-0.2, -0.15) is 0 Å². The van der Waals surface area contributed by atoms with Gasteiger partial charge in [-0.05, 0) is 12.0 Å². The van der Waals surface area contributed by atoms with Gasteiger partial charge in [-0.15, -0.1) is 0 Å². The van der Waals surface area contributed by atoms with Crippen LogP contribution < -0.4 is 5.73 Å². The summed E-state index contributed by atoms with van der Waals surface area (Å²) < 4.78 is 14.5. The Labute approximate surface area is 102 Å². The van der Waals surface area contributed by atoms with E-state index in [0.717, 1.165) is 5.57 Å². The molecule has 3 N–H and O–H groups in total. The molecule has 0 radical (unpaired) electrons. The lowest BCUT2D eigenvalue weighted by Crippen LogP contribution is -2.09. The van der Waals surface area contributed by atoms with Crippen molar-refractivity contribution in [3.63, 3.8) is 0 Å². The molecular weight excluding hydrogens is 237 g/mol. The van der Waals surface area contributed by atoms with Crippen LogP contribution in [0, 0.1) is 5.41 Å². The van der Waals surface area contributed by atoms with Gasteiger partial charge in [-0.3, -0.25) is 8.96 Å². The number of fused-ring (bicyclic) bond motifs is 1. The Bertz CT molecular complexity index is 631. The number of nitrogen functional groups attached to an aromatic ring is 1. The number of aliphatic hydroxyl groups excluding tert-OH is 1. The summed E-state index contributed by atoms with van der Waals surface area (Å²) >= 11 is 0. The molecule has 94 valence electrons. The van der Waals surface area contributed by atoms with Crippen molar-refractivity contribution >= 4 is 23.2 Å². The molecule has 0 aromatic carbocycles. The molecule has 0 saturated heterocycles. The maximum Gasteiger partial charge on any atom is 0.169 e. The molecule has 1 fully saturated rings. The summed E-state index contributed by atoms with van der Waals surface area (Å²) in [6.45, 7) is -0.738. The van der Waals surface area contributed by atoms with Crippen molar-refractivity contribution in [3.8, 4) is 0 Å². The first-order valence-electron chi connectivity index (χ1n) is 5.51. The number of hydrogen-bond donors (Lipinski definition) is 2.